The molecule has 8 nitrogen and oxygen atoms in total. The van der Waals surface area contributed by atoms with Crippen LogP contribution in [0.1, 0.15) is 5.82 Å². The van der Waals surface area contributed by atoms with Gasteiger partial charge in [-0.3, -0.25) is 4.40 Å². The van der Waals surface area contributed by atoms with Crippen molar-refractivity contribution in [1.29, 1.82) is 0 Å². The van der Waals surface area contributed by atoms with E-state index in [9.17, 15) is 18.0 Å². The maximum absolute atomic E-state index is 12.1. The average Bonchev–Trinajstić information content (AvgIpc) is 3.02. The number of nitrogens with one attached hydrogen (secondary N) is 2. The van der Waals surface area contributed by atoms with Gasteiger partial charge >= 0.3 is 12.2 Å². The van der Waals surface area contributed by atoms with Crippen molar-refractivity contribution in [3.63, 3.8) is 0 Å². The van der Waals surface area contributed by atoms with Gasteiger partial charge in [-0.15, -0.1) is 10.2 Å². The first kappa shape index (κ1) is 17.5. The normalized spacial score (nSPS) is 11.3. The Kier molecular flexibility index (Phi) is 4.87. The molecule has 3 heterocycles. The van der Waals surface area contributed by atoms with Crippen LogP contribution in [0.25, 0.3) is 5.65 Å². The van der Waals surface area contributed by atoms with Crippen molar-refractivity contribution in [2.24, 2.45) is 0 Å². The molecule has 3 aromatic heterocycles. The predicted octanol–water partition coefficient (Wildman–Crippen LogP) is 2.39. The number of hydrogen-bond donors (Lipinski definition) is 2. The molecule has 11 heteroatoms. The summed E-state index contributed by atoms with van der Waals surface area (Å²) in [5, 5.41) is 13.0. The van der Waals surface area contributed by atoms with Crippen LogP contribution in [-0.2, 0) is 6.54 Å². The van der Waals surface area contributed by atoms with Crippen LogP contribution in [0, 0.1) is 0 Å². The number of aromatic nitrogens is 4. The minimum Gasteiger partial charge on any atom is -0.468 e. The topological polar surface area (TPSA) is 93.4 Å². The molecule has 136 valence electrons. The molecule has 3 rings (SSSR count). The van der Waals surface area contributed by atoms with E-state index in [1.54, 1.807) is 16.7 Å². The Hall–Kier alpha value is -3.37. The molecule has 0 aliphatic rings. The Morgan fingerprint density at radius 2 is 2.04 bits per heavy atom. The Morgan fingerprint density at radius 1 is 1.19 bits per heavy atom. The highest BCUT2D eigenvalue weighted by Gasteiger charge is 2.28. The van der Waals surface area contributed by atoms with Gasteiger partial charge in [0.2, 0.25) is 5.88 Å². The highest BCUT2D eigenvalue weighted by molar-refractivity contribution is 5.88. The summed E-state index contributed by atoms with van der Waals surface area (Å²) in [5.74, 6) is 0.355. The van der Waals surface area contributed by atoms with Crippen molar-refractivity contribution in [2.45, 2.75) is 12.7 Å². The fraction of sp³-hybridized carbons (Fsp3) is 0.200. The first-order valence-electron chi connectivity index (χ1n) is 7.40. The molecule has 0 atom stereocenters. The number of amides is 2. The molecular formula is C15H13F3N6O2. The van der Waals surface area contributed by atoms with E-state index in [2.05, 4.69) is 30.6 Å². The molecule has 0 aliphatic carbocycles. The van der Waals surface area contributed by atoms with E-state index in [0.717, 1.165) is 0 Å². The summed E-state index contributed by atoms with van der Waals surface area (Å²) in [6.45, 7) is -1.29. The lowest BCUT2D eigenvalue weighted by Gasteiger charge is -2.09. The van der Waals surface area contributed by atoms with E-state index in [1.807, 2.05) is 12.1 Å². The molecule has 0 saturated carbocycles. The summed E-state index contributed by atoms with van der Waals surface area (Å²) in [5.41, 5.74) is 0.955. The van der Waals surface area contributed by atoms with Crippen LogP contribution in [0.3, 0.4) is 0 Å². The number of nitrogens with zero attached hydrogens (tertiary/aromatic N) is 4. The van der Waals surface area contributed by atoms with Gasteiger partial charge in [0.05, 0.1) is 18.4 Å². The number of hydrogen-bond acceptors (Lipinski definition) is 5. The molecule has 0 unspecified atom stereocenters. The molecule has 2 N–H and O–H groups in total. The SMILES string of the molecule is O=C(NCc1nnc2ccccn12)Nc1ccc(OCC(F)(F)F)nc1. The van der Waals surface area contributed by atoms with Gasteiger partial charge in [-0.25, -0.2) is 9.78 Å². The number of rotatable bonds is 5. The zero-order chi connectivity index (χ0) is 18.6. The molecule has 0 bridgehead atoms. The third-order valence-electron chi connectivity index (χ3n) is 3.17. The third-order valence-corrected chi connectivity index (χ3v) is 3.17. The molecule has 2 amide bonds. The molecular weight excluding hydrogens is 353 g/mol. The molecule has 0 saturated heterocycles. The summed E-state index contributed by atoms with van der Waals surface area (Å²) in [6, 6.07) is 7.50. The van der Waals surface area contributed by atoms with Crippen LogP contribution in [0.5, 0.6) is 5.88 Å². The molecule has 0 aliphatic heterocycles. The average molecular weight is 366 g/mol. The van der Waals surface area contributed by atoms with Gasteiger partial charge in [0.1, 0.15) is 0 Å². The first-order valence-corrected chi connectivity index (χ1v) is 7.40. The lowest BCUT2D eigenvalue weighted by Crippen LogP contribution is -2.29. The molecule has 0 spiro atoms. The number of carbonyl (C=O) groups excluding carboxylic acids is 1. The van der Waals surface area contributed by atoms with Crippen molar-refractivity contribution in [3.8, 4) is 5.88 Å². The van der Waals surface area contributed by atoms with Crippen molar-refractivity contribution in [2.75, 3.05) is 11.9 Å². The Labute approximate surface area is 145 Å². The van der Waals surface area contributed by atoms with Gasteiger partial charge in [0.15, 0.2) is 18.1 Å². The van der Waals surface area contributed by atoms with Crippen LogP contribution in [0.2, 0.25) is 0 Å². The number of urea groups is 1. The van der Waals surface area contributed by atoms with Crippen molar-refractivity contribution in [1.82, 2.24) is 24.9 Å². The van der Waals surface area contributed by atoms with Gasteiger partial charge < -0.3 is 15.4 Å². The number of fused-ring (bicyclic) bond motifs is 1. The molecule has 26 heavy (non-hydrogen) atoms. The number of carbonyl (C=O) groups is 1. The quantitative estimate of drug-likeness (QED) is 0.723. The molecule has 3 aromatic rings. The smallest absolute Gasteiger partial charge is 0.422 e. The second kappa shape index (κ2) is 7.25. The lowest BCUT2D eigenvalue weighted by atomic mass is 10.4. The Morgan fingerprint density at radius 3 is 2.77 bits per heavy atom. The Balaban J connectivity index is 1.51. The second-order valence-corrected chi connectivity index (χ2v) is 5.14. The zero-order valence-electron chi connectivity index (χ0n) is 13.2. The van der Waals surface area contributed by atoms with Crippen molar-refractivity contribution >= 4 is 17.4 Å². The van der Waals surface area contributed by atoms with E-state index in [0.29, 0.717) is 17.2 Å². The maximum Gasteiger partial charge on any atom is 0.422 e. The van der Waals surface area contributed by atoms with Crippen molar-refractivity contribution in [3.05, 3.63) is 48.5 Å². The number of pyridine rings is 2. The van der Waals surface area contributed by atoms with Gasteiger partial charge in [0, 0.05) is 12.3 Å². The zero-order valence-corrected chi connectivity index (χ0v) is 13.2. The third kappa shape index (κ3) is 4.59. The van der Waals surface area contributed by atoms with E-state index < -0.39 is 18.8 Å². The van der Waals surface area contributed by atoms with Crippen molar-refractivity contribution < 1.29 is 22.7 Å². The lowest BCUT2D eigenvalue weighted by molar-refractivity contribution is -0.154. The number of alkyl halides is 3. The van der Waals surface area contributed by atoms with Crippen LogP contribution < -0.4 is 15.4 Å². The molecule has 0 radical (unpaired) electrons. The Bertz CT molecular complexity index is 894. The van der Waals surface area contributed by atoms with Crippen LogP contribution >= 0.6 is 0 Å². The van der Waals surface area contributed by atoms with Gasteiger partial charge in [-0.05, 0) is 18.2 Å². The predicted molar refractivity (Wildman–Crippen MR) is 84.6 cm³/mol. The largest absolute Gasteiger partial charge is 0.468 e. The summed E-state index contributed by atoms with van der Waals surface area (Å²) in [6.07, 6.45) is -1.48. The van der Waals surface area contributed by atoms with E-state index in [1.165, 1.54) is 18.3 Å². The second-order valence-electron chi connectivity index (χ2n) is 5.14. The number of halogens is 3. The highest BCUT2D eigenvalue weighted by Crippen LogP contribution is 2.18. The van der Waals surface area contributed by atoms with Crippen LogP contribution in [0.4, 0.5) is 23.7 Å². The van der Waals surface area contributed by atoms with Gasteiger partial charge in [-0.1, -0.05) is 6.07 Å². The summed E-state index contributed by atoms with van der Waals surface area (Å²) in [7, 11) is 0. The standard InChI is InChI=1S/C15H13F3N6O2/c16-15(17,18)9-26-13-5-4-10(7-19-13)21-14(25)20-8-12-23-22-11-3-1-2-6-24(11)12/h1-7H,8-9H2,(H2,20,21,25). The minimum absolute atomic E-state index is 0.136. The first-order chi connectivity index (χ1) is 12.4. The molecule has 0 aromatic carbocycles. The fourth-order valence-electron chi connectivity index (χ4n) is 2.04. The fourth-order valence-corrected chi connectivity index (χ4v) is 2.04. The van der Waals surface area contributed by atoms with Gasteiger partial charge in [0.25, 0.3) is 0 Å². The summed E-state index contributed by atoms with van der Waals surface area (Å²) >= 11 is 0. The molecule has 0 fully saturated rings. The minimum atomic E-state index is -4.44. The number of anilines is 1. The van der Waals surface area contributed by atoms with E-state index in [-0.39, 0.29) is 12.4 Å². The van der Waals surface area contributed by atoms with Crippen LogP contribution in [-0.4, -0.2) is 38.4 Å². The number of ether oxygens (including phenoxy) is 1. The van der Waals surface area contributed by atoms with Gasteiger partial charge in [-0.2, -0.15) is 13.2 Å². The highest BCUT2D eigenvalue weighted by atomic mass is 19.4. The maximum atomic E-state index is 12.1. The summed E-state index contributed by atoms with van der Waals surface area (Å²) < 4.78 is 42.4. The van der Waals surface area contributed by atoms with E-state index in [4.69, 9.17) is 0 Å². The van der Waals surface area contributed by atoms with E-state index >= 15 is 0 Å². The monoisotopic (exact) mass is 366 g/mol. The summed E-state index contributed by atoms with van der Waals surface area (Å²) in [4.78, 5) is 15.6. The van der Waals surface area contributed by atoms with Crippen LogP contribution in [0.15, 0.2) is 42.7 Å².